The van der Waals surface area contributed by atoms with E-state index in [1.165, 1.54) is 26.0 Å². The maximum Gasteiger partial charge on any atom is 0.323 e. The van der Waals surface area contributed by atoms with Gasteiger partial charge in [0, 0.05) is 148 Å². The number of aryl methyl sites for hydroxylation is 3. The zero-order valence-electron chi connectivity index (χ0n) is 47.2. The number of carbonyl (C=O) groups excluding carboxylic acids is 4. The van der Waals surface area contributed by atoms with E-state index in [0.717, 1.165) is 11.9 Å². The van der Waals surface area contributed by atoms with Crippen molar-refractivity contribution in [2.24, 2.45) is 0 Å². The molecule has 0 bridgehead atoms. The van der Waals surface area contributed by atoms with E-state index >= 15 is 0 Å². The van der Waals surface area contributed by atoms with Gasteiger partial charge in [-0.2, -0.15) is 18.2 Å². The number of imidazole rings is 1. The van der Waals surface area contributed by atoms with Crippen LogP contribution in [-0.4, -0.2) is 252 Å². The van der Waals surface area contributed by atoms with Gasteiger partial charge in [0.1, 0.15) is 23.6 Å². The van der Waals surface area contributed by atoms with Crippen LogP contribution in [0.2, 0.25) is 0 Å². The van der Waals surface area contributed by atoms with Crippen molar-refractivity contribution in [3.8, 4) is 5.75 Å². The first kappa shape index (κ1) is 70.8. The number of amides is 4. The Labute approximate surface area is 516 Å². The largest absolute Gasteiger partial charge is 0.512 e. The second-order valence-electron chi connectivity index (χ2n) is 19.9. The Bertz CT molecular complexity index is 3110. The van der Waals surface area contributed by atoms with E-state index in [9.17, 15) is 75.4 Å². The molecule has 0 spiro atoms. The average molecular weight is 1310 g/mol. The number of carbonyl (C=O) groups is 7. The minimum atomic E-state index is -4.83. The minimum absolute atomic E-state index is 0. The summed E-state index contributed by atoms with van der Waals surface area (Å²) in [6, 6.07) is 4.20. The number of nitrogens with zero attached hydrogens (tertiary/aromatic N) is 7. The van der Waals surface area contributed by atoms with Crippen LogP contribution in [0.1, 0.15) is 40.7 Å². The fourth-order valence-electron chi connectivity index (χ4n) is 9.05. The Morgan fingerprint density at radius 3 is 1.88 bits per heavy atom. The molecule has 2 aromatic carbocycles. The summed E-state index contributed by atoms with van der Waals surface area (Å²) in [7, 11) is -9.30. The number of aromatic nitrogens is 4. The second kappa shape index (κ2) is 34.5. The number of aliphatic carboxylic acids is 3. The van der Waals surface area contributed by atoms with Crippen LogP contribution >= 0.6 is 0 Å². The molecule has 2 atom stereocenters. The molecule has 12 N–H and O–H groups in total. The molecule has 1 aliphatic rings. The van der Waals surface area contributed by atoms with Crippen LogP contribution in [0.4, 0.5) is 5.95 Å². The number of hydrogen-bond acceptors (Lipinski definition) is 20. The number of sulfonamides is 1. The second-order valence-corrected chi connectivity index (χ2v) is 23.0. The maximum atomic E-state index is 13.6. The third kappa shape index (κ3) is 25.0. The average Bonchev–Trinajstić information content (AvgIpc) is 3.02. The topological polar surface area (TPSA) is 430 Å². The van der Waals surface area contributed by atoms with Crippen molar-refractivity contribution < 1.29 is 113 Å². The summed E-state index contributed by atoms with van der Waals surface area (Å²) in [4.78, 5) is 101. The Hall–Kier alpha value is -6.69. The Morgan fingerprint density at radius 2 is 1.33 bits per heavy atom. The van der Waals surface area contributed by atoms with Gasteiger partial charge in [0.15, 0.2) is 5.95 Å². The molecule has 1 saturated heterocycles. The molecule has 85 heavy (non-hydrogen) atoms. The fourth-order valence-corrected chi connectivity index (χ4v) is 11.4. The molecule has 4 amide bonds. The zero-order valence-corrected chi connectivity index (χ0v) is 51.7. The predicted octanol–water partition coefficient (Wildman–Crippen LogP) is -1.74. The summed E-state index contributed by atoms with van der Waals surface area (Å²) in [5.41, 5.74) is 1.42. The number of rotatable bonds is 32. The summed E-state index contributed by atoms with van der Waals surface area (Å²) >= 11 is 0. The Morgan fingerprint density at radius 1 is 0.741 bits per heavy atom. The molecule has 3 heterocycles. The Kier molecular flexibility index (Phi) is 28.7. The van der Waals surface area contributed by atoms with Crippen LogP contribution in [0.5, 0.6) is 5.75 Å². The third-order valence-electron chi connectivity index (χ3n) is 13.0. The van der Waals surface area contributed by atoms with Gasteiger partial charge >= 0.3 is 17.9 Å². The summed E-state index contributed by atoms with van der Waals surface area (Å²) in [6.07, 6.45) is 5.81. The molecule has 1 aliphatic heterocycles. The van der Waals surface area contributed by atoms with Gasteiger partial charge in [-0.15, -0.1) is 0 Å². The van der Waals surface area contributed by atoms with Gasteiger partial charge in [-0.05, 0) is 68.1 Å². The fraction of sp³-hybridized carbons (Fsp3) is 0.510. The number of hydrogen-bond donors (Lipinski definition) is 12. The predicted molar refractivity (Wildman–Crippen MR) is 303 cm³/mol. The van der Waals surface area contributed by atoms with Crippen LogP contribution in [-0.2, 0) is 88.2 Å². The molecular formula is C51H74N14O17S2Y. The summed E-state index contributed by atoms with van der Waals surface area (Å²) in [6.45, 7) is 7.24. The minimum Gasteiger partial charge on any atom is -0.512 e. The first-order valence-electron chi connectivity index (χ1n) is 26.7. The molecule has 5 rings (SSSR count). The number of aliphatic hydroxyl groups is 1. The standard InChI is InChI=1S/C51H74N14O17S2.Y/c1-34-24-39(25-35(2)47(34)84(80,81)60-40(50(75)76)28-57-48(73)37-7-8-42-38(26-37)27-58-65(42)14-5-9-54-51-55-12-13-56-51)82-23-4-6-43(67)52-10-11-53-49(74)41(33-83(77,78)79)59-44(68)30-62-17-21-63(31-45(69)70)19-15-61(29-36(3)66)16-20-64(22-18-62)32-46(71)72;/h7-8,12-13,24-27,40-41,60,66H,3-6,9-11,14-23,28-33H2,1-2H3,(H,52,67)(H,53,74)(H,57,73)(H,59,68)(H,69,70)(H,71,72)(H,75,76)(H2,54,55,56)(H,77,78,79);/t40-,41-;/m0./s1. The van der Waals surface area contributed by atoms with Gasteiger partial charge in [0.25, 0.3) is 16.0 Å². The van der Waals surface area contributed by atoms with Crippen LogP contribution in [0.25, 0.3) is 10.9 Å². The van der Waals surface area contributed by atoms with Crippen molar-refractivity contribution in [3.05, 3.63) is 78.0 Å². The molecule has 1 fully saturated rings. The quantitative estimate of drug-likeness (QED) is 0.0147. The van der Waals surface area contributed by atoms with Crippen LogP contribution in [0.3, 0.4) is 0 Å². The van der Waals surface area contributed by atoms with E-state index in [0.29, 0.717) is 37.5 Å². The monoisotopic (exact) mass is 1310 g/mol. The van der Waals surface area contributed by atoms with Crippen LogP contribution < -0.4 is 36.0 Å². The number of carboxylic acid groups (broad SMARTS) is 3. The van der Waals surface area contributed by atoms with E-state index in [1.807, 2.05) is 0 Å². The van der Waals surface area contributed by atoms with Gasteiger partial charge in [0.2, 0.25) is 27.7 Å². The molecule has 4 aromatic rings. The summed E-state index contributed by atoms with van der Waals surface area (Å²) in [5.74, 6) is -7.10. The first-order valence-corrected chi connectivity index (χ1v) is 29.8. The molecule has 0 aliphatic carbocycles. The van der Waals surface area contributed by atoms with Gasteiger partial charge < -0.3 is 56.7 Å². The molecule has 2 aromatic heterocycles. The summed E-state index contributed by atoms with van der Waals surface area (Å²) in [5, 5.41) is 56.9. The van der Waals surface area contributed by atoms with Crippen molar-refractivity contribution in [1.82, 2.24) is 65.3 Å². The zero-order chi connectivity index (χ0) is 61.6. The van der Waals surface area contributed by atoms with Crippen molar-refractivity contribution >= 4 is 78.5 Å². The first-order chi connectivity index (χ1) is 39.7. The van der Waals surface area contributed by atoms with Crippen molar-refractivity contribution in [1.29, 1.82) is 0 Å². The van der Waals surface area contributed by atoms with Crippen LogP contribution in [0, 0.1) is 13.8 Å². The molecule has 465 valence electrons. The van der Waals surface area contributed by atoms with E-state index in [1.54, 1.807) is 61.1 Å². The number of aromatic amines is 1. The number of ether oxygens (including phenoxy) is 1. The van der Waals surface area contributed by atoms with E-state index < -0.39 is 92.6 Å². The number of H-pyrrole nitrogens is 1. The van der Waals surface area contributed by atoms with Crippen molar-refractivity contribution in [3.63, 3.8) is 0 Å². The molecule has 0 saturated carbocycles. The molecule has 0 unspecified atom stereocenters. The molecule has 31 nitrogen and oxygen atoms in total. The maximum absolute atomic E-state index is 13.6. The molecule has 34 heteroatoms. The smallest absolute Gasteiger partial charge is 0.323 e. The van der Waals surface area contributed by atoms with Gasteiger partial charge in [-0.25, -0.2) is 13.4 Å². The third-order valence-corrected chi connectivity index (χ3v) is 15.6. The summed E-state index contributed by atoms with van der Waals surface area (Å²) < 4.78 is 70.5. The van der Waals surface area contributed by atoms with E-state index in [4.69, 9.17) is 4.74 Å². The number of anilines is 1. The molecule has 1 radical (unpaired) electrons. The number of nitrogens with one attached hydrogen (secondary N) is 7. The SMILES string of the molecule is C=C(O)CN1CCN(CC(=O)O)CCN(CC(=O)N[C@@H](CS(=O)(=O)O)C(=O)NCCNC(=O)CCCOc2cc(C)c(S(=O)(=O)N[C@@H](CNC(=O)c3ccc4c(cnn4CCCNc4ncc[nH]4)c3)C(=O)O)c(C)c2)CCN(CC(=O)O)CC1.[Y]. The van der Waals surface area contributed by atoms with Crippen molar-refractivity contribution in [2.45, 2.75) is 56.6 Å². The van der Waals surface area contributed by atoms with Gasteiger partial charge in [0.05, 0.1) is 55.2 Å². The van der Waals surface area contributed by atoms with Crippen LogP contribution in [0.15, 0.2) is 66.2 Å². The Balaban J connectivity index is 0.0000155. The number of benzene rings is 2. The van der Waals surface area contributed by atoms with Crippen molar-refractivity contribution in [2.75, 3.05) is 122 Å². The van der Waals surface area contributed by atoms with E-state index in [-0.39, 0.29) is 157 Å². The number of carboxylic acids is 3. The van der Waals surface area contributed by atoms with Gasteiger partial charge in [-0.1, -0.05) is 6.58 Å². The van der Waals surface area contributed by atoms with E-state index in [2.05, 4.69) is 53.0 Å². The normalized spacial score (nSPS) is 15.0. The number of fused-ring (bicyclic) bond motifs is 1. The van der Waals surface area contributed by atoms with Gasteiger partial charge in [-0.3, -0.25) is 62.4 Å². The molecular weight excluding hydrogens is 1230 g/mol. The number of aliphatic hydroxyl groups excluding tert-OH is 1.